The predicted octanol–water partition coefficient (Wildman–Crippen LogP) is 3.65. The third-order valence-corrected chi connectivity index (χ3v) is 5.06. The number of rotatable bonds is 3. The quantitative estimate of drug-likeness (QED) is 0.938. The van der Waals surface area contributed by atoms with E-state index in [4.69, 9.17) is 4.98 Å². The standard InChI is InChI=1S/C17H23N3S/c1-12(2)14-4-6-15(7-5-14)16-13(3)21-17(19-16)20-10-8-18-9-11-20/h4-7,12,18H,8-11H2,1-3H3. The van der Waals surface area contributed by atoms with Crippen LogP contribution in [0.3, 0.4) is 0 Å². The summed E-state index contributed by atoms with van der Waals surface area (Å²) in [5.41, 5.74) is 3.76. The number of thiazole rings is 1. The van der Waals surface area contributed by atoms with Crippen molar-refractivity contribution in [1.82, 2.24) is 10.3 Å². The maximum Gasteiger partial charge on any atom is 0.186 e. The van der Waals surface area contributed by atoms with E-state index in [-0.39, 0.29) is 0 Å². The number of hydrogen-bond donors (Lipinski definition) is 1. The Morgan fingerprint density at radius 1 is 1.14 bits per heavy atom. The fraction of sp³-hybridized carbons (Fsp3) is 0.471. The van der Waals surface area contributed by atoms with Gasteiger partial charge in [0.15, 0.2) is 5.13 Å². The van der Waals surface area contributed by atoms with Crippen molar-refractivity contribution in [2.75, 3.05) is 31.1 Å². The van der Waals surface area contributed by atoms with Crippen LogP contribution in [0.4, 0.5) is 5.13 Å². The molecule has 0 aliphatic carbocycles. The summed E-state index contributed by atoms with van der Waals surface area (Å²) < 4.78 is 0. The second kappa shape index (κ2) is 6.16. The van der Waals surface area contributed by atoms with E-state index in [2.05, 4.69) is 55.3 Å². The normalized spacial score (nSPS) is 15.7. The molecule has 0 radical (unpaired) electrons. The Balaban J connectivity index is 1.86. The zero-order valence-corrected chi connectivity index (χ0v) is 13.8. The van der Waals surface area contributed by atoms with Gasteiger partial charge in [0.05, 0.1) is 5.69 Å². The van der Waals surface area contributed by atoms with Crippen molar-refractivity contribution < 1.29 is 0 Å². The SMILES string of the molecule is Cc1sc(N2CCNCC2)nc1-c1ccc(C(C)C)cc1. The zero-order valence-electron chi connectivity index (χ0n) is 13.0. The van der Waals surface area contributed by atoms with Crippen LogP contribution in [0.2, 0.25) is 0 Å². The molecule has 0 atom stereocenters. The summed E-state index contributed by atoms with van der Waals surface area (Å²) in [4.78, 5) is 8.59. The van der Waals surface area contributed by atoms with E-state index >= 15 is 0 Å². The van der Waals surface area contributed by atoms with E-state index in [1.165, 1.54) is 16.0 Å². The van der Waals surface area contributed by atoms with Gasteiger partial charge in [-0.15, -0.1) is 11.3 Å². The Kier molecular flexibility index (Phi) is 4.27. The van der Waals surface area contributed by atoms with Gasteiger partial charge in [0.2, 0.25) is 0 Å². The van der Waals surface area contributed by atoms with Crippen molar-refractivity contribution in [2.24, 2.45) is 0 Å². The molecule has 4 heteroatoms. The number of anilines is 1. The molecule has 0 saturated carbocycles. The molecule has 1 N–H and O–H groups in total. The second-order valence-electron chi connectivity index (χ2n) is 5.91. The molecule has 1 aromatic heterocycles. The van der Waals surface area contributed by atoms with Crippen LogP contribution in [0.1, 0.15) is 30.2 Å². The van der Waals surface area contributed by atoms with Crippen molar-refractivity contribution in [3.63, 3.8) is 0 Å². The van der Waals surface area contributed by atoms with Gasteiger partial charge in [-0.2, -0.15) is 0 Å². The molecule has 3 rings (SSSR count). The van der Waals surface area contributed by atoms with Crippen LogP contribution < -0.4 is 10.2 Å². The van der Waals surface area contributed by atoms with E-state index in [0.29, 0.717) is 5.92 Å². The lowest BCUT2D eigenvalue weighted by Gasteiger charge is -2.26. The number of aromatic nitrogens is 1. The predicted molar refractivity (Wildman–Crippen MR) is 91.5 cm³/mol. The van der Waals surface area contributed by atoms with Gasteiger partial charge < -0.3 is 10.2 Å². The summed E-state index contributed by atoms with van der Waals surface area (Å²) in [7, 11) is 0. The summed E-state index contributed by atoms with van der Waals surface area (Å²) in [6.45, 7) is 10.8. The largest absolute Gasteiger partial charge is 0.346 e. The molecule has 21 heavy (non-hydrogen) atoms. The fourth-order valence-electron chi connectivity index (χ4n) is 2.67. The van der Waals surface area contributed by atoms with Gasteiger partial charge in [0.25, 0.3) is 0 Å². The Morgan fingerprint density at radius 3 is 2.43 bits per heavy atom. The molecule has 0 amide bonds. The molecule has 1 fully saturated rings. The lowest BCUT2D eigenvalue weighted by atomic mass is 10.0. The second-order valence-corrected chi connectivity index (χ2v) is 7.10. The first kappa shape index (κ1) is 14.5. The van der Waals surface area contributed by atoms with E-state index in [1.807, 2.05) is 11.3 Å². The highest BCUT2D eigenvalue weighted by Crippen LogP contribution is 2.33. The monoisotopic (exact) mass is 301 g/mol. The van der Waals surface area contributed by atoms with E-state index in [1.54, 1.807) is 0 Å². The minimum absolute atomic E-state index is 0.576. The zero-order chi connectivity index (χ0) is 14.8. The first-order valence-electron chi connectivity index (χ1n) is 7.68. The average Bonchev–Trinajstić information content (AvgIpc) is 2.90. The van der Waals surface area contributed by atoms with Gasteiger partial charge in [-0.3, -0.25) is 0 Å². The Hall–Kier alpha value is -1.39. The van der Waals surface area contributed by atoms with Crippen molar-refractivity contribution in [3.8, 4) is 11.3 Å². The van der Waals surface area contributed by atoms with Crippen molar-refractivity contribution in [1.29, 1.82) is 0 Å². The highest BCUT2D eigenvalue weighted by molar-refractivity contribution is 7.16. The van der Waals surface area contributed by atoms with Gasteiger partial charge in [-0.1, -0.05) is 38.1 Å². The smallest absolute Gasteiger partial charge is 0.186 e. The molecule has 2 aromatic rings. The van der Waals surface area contributed by atoms with Crippen LogP contribution in [-0.4, -0.2) is 31.2 Å². The first-order valence-corrected chi connectivity index (χ1v) is 8.50. The maximum atomic E-state index is 4.89. The van der Waals surface area contributed by atoms with Crippen LogP contribution in [0, 0.1) is 6.92 Å². The van der Waals surface area contributed by atoms with Gasteiger partial charge in [0, 0.05) is 36.6 Å². The number of nitrogens with zero attached hydrogens (tertiary/aromatic N) is 2. The Bertz CT molecular complexity index is 595. The average molecular weight is 301 g/mol. The van der Waals surface area contributed by atoms with E-state index in [9.17, 15) is 0 Å². The molecule has 0 bridgehead atoms. The van der Waals surface area contributed by atoms with Crippen molar-refractivity contribution in [3.05, 3.63) is 34.7 Å². The van der Waals surface area contributed by atoms with Crippen LogP contribution in [0.15, 0.2) is 24.3 Å². The molecule has 2 heterocycles. The fourth-order valence-corrected chi connectivity index (χ4v) is 3.65. The highest BCUT2D eigenvalue weighted by atomic mass is 32.1. The maximum absolute atomic E-state index is 4.89. The number of benzene rings is 1. The van der Waals surface area contributed by atoms with Crippen LogP contribution in [0.25, 0.3) is 11.3 Å². The third-order valence-electron chi connectivity index (χ3n) is 4.02. The third kappa shape index (κ3) is 3.11. The van der Waals surface area contributed by atoms with Crippen molar-refractivity contribution >= 4 is 16.5 Å². The molecule has 1 aliphatic heterocycles. The molecule has 0 spiro atoms. The Morgan fingerprint density at radius 2 is 1.81 bits per heavy atom. The summed E-state index contributed by atoms with van der Waals surface area (Å²) in [6, 6.07) is 8.87. The molecule has 1 aliphatic rings. The molecule has 112 valence electrons. The Labute approximate surface area is 131 Å². The van der Waals surface area contributed by atoms with Gasteiger partial charge >= 0.3 is 0 Å². The number of piperazine rings is 1. The number of aryl methyl sites for hydroxylation is 1. The summed E-state index contributed by atoms with van der Waals surface area (Å²) >= 11 is 1.81. The lowest BCUT2D eigenvalue weighted by Crippen LogP contribution is -2.43. The van der Waals surface area contributed by atoms with Gasteiger partial charge in [-0.05, 0) is 18.4 Å². The number of nitrogens with one attached hydrogen (secondary N) is 1. The summed E-state index contributed by atoms with van der Waals surface area (Å²) in [5, 5.41) is 4.55. The van der Waals surface area contributed by atoms with E-state index in [0.717, 1.165) is 37.0 Å². The van der Waals surface area contributed by atoms with Crippen LogP contribution in [0.5, 0.6) is 0 Å². The van der Waals surface area contributed by atoms with Gasteiger partial charge in [-0.25, -0.2) is 4.98 Å². The number of hydrogen-bond acceptors (Lipinski definition) is 4. The first-order chi connectivity index (χ1) is 10.1. The molecule has 0 unspecified atom stereocenters. The topological polar surface area (TPSA) is 28.2 Å². The highest BCUT2D eigenvalue weighted by Gasteiger charge is 2.17. The molecular weight excluding hydrogens is 278 g/mol. The molecule has 1 aromatic carbocycles. The lowest BCUT2D eigenvalue weighted by molar-refractivity contribution is 0.588. The van der Waals surface area contributed by atoms with Crippen molar-refractivity contribution in [2.45, 2.75) is 26.7 Å². The minimum Gasteiger partial charge on any atom is -0.346 e. The van der Waals surface area contributed by atoms with Crippen LogP contribution in [-0.2, 0) is 0 Å². The summed E-state index contributed by atoms with van der Waals surface area (Å²) in [5.74, 6) is 0.576. The van der Waals surface area contributed by atoms with E-state index < -0.39 is 0 Å². The molecule has 3 nitrogen and oxygen atoms in total. The summed E-state index contributed by atoms with van der Waals surface area (Å²) in [6.07, 6.45) is 0. The molecular formula is C17H23N3S. The molecule has 1 saturated heterocycles. The minimum atomic E-state index is 0.576. The van der Waals surface area contributed by atoms with Crippen LogP contribution >= 0.6 is 11.3 Å². The van der Waals surface area contributed by atoms with Gasteiger partial charge in [0.1, 0.15) is 0 Å².